The van der Waals surface area contributed by atoms with E-state index in [2.05, 4.69) is 15.9 Å². The van der Waals surface area contributed by atoms with Crippen molar-refractivity contribution >= 4 is 15.9 Å². The Bertz CT molecular complexity index is 261. The van der Waals surface area contributed by atoms with Gasteiger partial charge in [-0.25, -0.2) is 0 Å². The molecule has 80 valence electrons. The Balaban J connectivity index is 0.000000791. The van der Waals surface area contributed by atoms with Crippen LogP contribution in [-0.4, -0.2) is 13.9 Å². The molecule has 1 rings (SSSR count). The van der Waals surface area contributed by atoms with Crippen LogP contribution in [0.3, 0.4) is 0 Å². The molecule has 0 unspecified atom stereocenters. The molecule has 0 saturated carbocycles. The van der Waals surface area contributed by atoms with E-state index in [0.717, 1.165) is 10.2 Å². The second-order valence-electron chi connectivity index (χ2n) is 2.48. The highest BCUT2D eigenvalue weighted by molar-refractivity contribution is 9.10. The largest absolute Gasteiger partial charge is 0.466 e. The second kappa shape index (κ2) is 7.83. The van der Waals surface area contributed by atoms with Crippen LogP contribution in [0.15, 0.2) is 22.7 Å². The van der Waals surface area contributed by atoms with Crippen LogP contribution in [0.25, 0.3) is 0 Å². The van der Waals surface area contributed by atoms with E-state index in [9.17, 15) is 0 Å². The average Bonchev–Trinajstić information content (AvgIpc) is 2.22. The van der Waals surface area contributed by atoms with Gasteiger partial charge in [-0.3, -0.25) is 0 Å². The molecule has 0 atom stereocenters. The number of rotatable bonds is 3. The maximum atomic E-state index is 5.30. The predicted molar refractivity (Wildman–Crippen MR) is 62.7 cm³/mol. The SMILES string of the molecule is CC.COCOc1cc(C)ccc1Br. The topological polar surface area (TPSA) is 18.5 Å². The highest BCUT2D eigenvalue weighted by Crippen LogP contribution is 2.25. The van der Waals surface area contributed by atoms with Crippen LogP contribution in [0.2, 0.25) is 0 Å². The molecule has 0 aromatic heterocycles. The summed E-state index contributed by atoms with van der Waals surface area (Å²) in [6, 6.07) is 5.94. The molecule has 2 nitrogen and oxygen atoms in total. The fourth-order valence-corrected chi connectivity index (χ4v) is 1.20. The molecule has 0 fully saturated rings. The quantitative estimate of drug-likeness (QED) is 0.771. The summed E-state index contributed by atoms with van der Waals surface area (Å²) in [5.74, 6) is 0.817. The first-order valence-electron chi connectivity index (χ1n) is 4.62. The van der Waals surface area contributed by atoms with Gasteiger partial charge in [-0.2, -0.15) is 0 Å². The molecular weight excluding hydrogens is 244 g/mol. The van der Waals surface area contributed by atoms with Crippen molar-refractivity contribution < 1.29 is 9.47 Å². The Morgan fingerprint density at radius 2 is 1.93 bits per heavy atom. The number of ether oxygens (including phenoxy) is 2. The third-order valence-electron chi connectivity index (χ3n) is 1.42. The molecule has 0 radical (unpaired) electrons. The number of hydrogen-bond donors (Lipinski definition) is 0. The van der Waals surface area contributed by atoms with Crippen LogP contribution in [-0.2, 0) is 4.74 Å². The smallest absolute Gasteiger partial charge is 0.188 e. The zero-order valence-corrected chi connectivity index (χ0v) is 10.7. The summed E-state index contributed by atoms with van der Waals surface area (Å²) in [5, 5.41) is 0. The van der Waals surface area contributed by atoms with Crippen molar-refractivity contribution in [2.75, 3.05) is 13.9 Å². The fourth-order valence-electron chi connectivity index (χ4n) is 0.844. The lowest BCUT2D eigenvalue weighted by atomic mass is 10.2. The molecule has 0 saturated heterocycles. The van der Waals surface area contributed by atoms with Gasteiger partial charge < -0.3 is 9.47 Å². The molecule has 0 N–H and O–H groups in total. The van der Waals surface area contributed by atoms with E-state index in [1.165, 1.54) is 5.56 Å². The minimum Gasteiger partial charge on any atom is -0.466 e. The number of benzene rings is 1. The molecule has 0 amide bonds. The maximum Gasteiger partial charge on any atom is 0.188 e. The normalized spacial score (nSPS) is 8.93. The van der Waals surface area contributed by atoms with Crippen LogP contribution < -0.4 is 4.74 Å². The van der Waals surface area contributed by atoms with Crippen LogP contribution in [0.1, 0.15) is 19.4 Å². The first-order valence-corrected chi connectivity index (χ1v) is 5.41. The van der Waals surface area contributed by atoms with E-state index >= 15 is 0 Å². The van der Waals surface area contributed by atoms with Gasteiger partial charge in [0.2, 0.25) is 0 Å². The summed E-state index contributed by atoms with van der Waals surface area (Å²) in [7, 11) is 1.60. The minimum atomic E-state index is 0.280. The van der Waals surface area contributed by atoms with Gasteiger partial charge in [0.15, 0.2) is 6.79 Å². The van der Waals surface area contributed by atoms with E-state index in [0.29, 0.717) is 0 Å². The summed E-state index contributed by atoms with van der Waals surface area (Å²) in [5.41, 5.74) is 1.17. The Kier molecular flexibility index (Phi) is 7.52. The summed E-state index contributed by atoms with van der Waals surface area (Å²) in [4.78, 5) is 0. The molecule has 0 spiro atoms. The van der Waals surface area contributed by atoms with Gasteiger partial charge in [-0.1, -0.05) is 19.9 Å². The van der Waals surface area contributed by atoms with Crippen molar-refractivity contribution in [2.24, 2.45) is 0 Å². The lowest BCUT2D eigenvalue weighted by Crippen LogP contribution is -1.99. The van der Waals surface area contributed by atoms with E-state index in [4.69, 9.17) is 9.47 Å². The third kappa shape index (κ3) is 4.63. The molecule has 0 heterocycles. The van der Waals surface area contributed by atoms with E-state index in [1.54, 1.807) is 7.11 Å². The van der Waals surface area contributed by atoms with Crippen molar-refractivity contribution in [3.05, 3.63) is 28.2 Å². The zero-order chi connectivity index (χ0) is 11.0. The maximum absolute atomic E-state index is 5.30. The van der Waals surface area contributed by atoms with Crippen molar-refractivity contribution in [2.45, 2.75) is 20.8 Å². The fraction of sp³-hybridized carbons (Fsp3) is 0.455. The molecule has 0 bridgehead atoms. The Labute approximate surface area is 94.4 Å². The van der Waals surface area contributed by atoms with Crippen LogP contribution in [0, 0.1) is 6.92 Å². The van der Waals surface area contributed by atoms with Gasteiger partial charge in [-0.15, -0.1) is 0 Å². The molecule has 0 aliphatic heterocycles. The Morgan fingerprint density at radius 1 is 1.29 bits per heavy atom. The summed E-state index contributed by atoms with van der Waals surface area (Å²) in [6.07, 6.45) is 0. The molecule has 0 aliphatic rings. The Hall–Kier alpha value is -0.540. The zero-order valence-electron chi connectivity index (χ0n) is 9.13. The monoisotopic (exact) mass is 260 g/mol. The second-order valence-corrected chi connectivity index (χ2v) is 3.34. The van der Waals surface area contributed by atoms with Gasteiger partial charge in [0.05, 0.1) is 4.47 Å². The van der Waals surface area contributed by atoms with Crippen LogP contribution in [0.5, 0.6) is 5.75 Å². The average molecular weight is 261 g/mol. The summed E-state index contributed by atoms with van der Waals surface area (Å²) in [6.45, 7) is 6.30. The molecule has 1 aromatic carbocycles. The van der Waals surface area contributed by atoms with Crippen molar-refractivity contribution in [1.29, 1.82) is 0 Å². The molecule has 14 heavy (non-hydrogen) atoms. The summed E-state index contributed by atoms with van der Waals surface area (Å²) < 4.78 is 11.0. The first kappa shape index (κ1) is 13.5. The van der Waals surface area contributed by atoms with E-state index in [1.807, 2.05) is 39.0 Å². The lowest BCUT2D eigenvalue weighted by molar-refractivity contribution is 0.0505. The van der Waals surface area contributed by atoms with Crippen LogP contribution in [0.4, 0.5) is 0 Å². The standard InChI is InChI=1S/C9H11BrO2.C2H6/c1-7-3-4-8(10)9(5-7)12-6-11-2;1-2/h3-5H,6H2,1-2H3;1-2H3. The highest BCUT2D eigenvalue weighted by Gasteiger charge is 1.99. The van der Waals surface area contributed by atoms with Crippen LogP contribution >= 0.6 is 15.9 Å². The highest BCUT2D eigenvalue weighted by atomic mass is 79.9. The lowest BCUT2D eigenvalue weighted by Gasteiger charge is -2.06. The number of aryl methyl sites for hydroxylation is 1. The van der Waals surface area contributed by atoms with E-state index < -0.39 is 0 Å². The van der Waals surface area contributed by atoms with E-state index in [-0.39, 0.29) is 6.79 Å². The third-order valence-corrected chi connectivity index (χ3v) is 2.07. The number of hydrogen-bond acceptors (Lipinski definition) is 2. The molecular formula is C11H17BrO2. The van der Waals surface area contributed by atoms with Crippen molar-refractivity contribution in [3.63, 3.8) is 0 Å². The molecule has 3 heteroatoms. The molecule has 0 aliphatic carbocycles. The van der Waals surface area contributed by atoms with Gasteiger partial charge >= 0.3 is 0 Å². The predicted octanol–water partition coefficient (Wildman–Crippen LogP) is 3.77. The van der Waals surface area contributed by atoms with Gasteiger partial charge in [0, 0.05) is 7.11 Å². The van der Waals surface area contributed by atoms with Crippen molar-refractivity contribution in [3.8, 4) is 5.75 Å². The number of methoxy groups -OCH3 is 1. The first-order chi connectivity index (χ1) is 6.74. The Morgan fingerprint density at radius 3 is 2.50 bits per heavy atom. The number of halogens is 1. The summed E-state index contributed by atoms with van der Waals surface area (Å²) >= 11 is 3.38. The minimum absolute atomic E-state index is 0.280. The van der Waals surface area contributed by atoms with Gasteiger partial charge in [-0.05, 0) is 40.5 Å². The van der Waals surface area contributed by atoms with Gasteiger partial charge in [0.1, 0.15) is 5.75 Å². The van der Waals surface area contributed by atoms with Gasteiger partial charge in [0.25, 0.3) is 0 Å². The molecule has 1 aromatic rings. The van der Waals surface area contributed by atoms with Crippen molar-refractivity contribution in [1.82, 2.24) is 0 Å².